The van der Waals surface area contributed by atoms with Crippen LogP contribution < -0.4 is 5.32 Å². The first kappa shape index (κ1) is 12.8. The van der Waals surface area contributed by atoms with Crippen LogP contribution >= 0.6 is 15.9 Å². The van der Waals surface area contributed by atoms with E-state index in [1.807, 2.05) is 56.3 Å². The molecule has 0 saturated heterocycles. The zero-order valence-electron chi connectivity index (χ0n) is 10.3. The molecule has 0 radical (unpaired) electrons. The summed E-state index contributed by atoms with van der Waals surface area (Å²) in [6.45, 7) is 3.93. The number of rotatable bonds is 2. The molecule has 92 valence electrons. The van der Waals surface area contributed by atoms with Gasteiger partial charge in [-0.2, -0.15) is 0 Å². The van der Waals surface area contributed by atoms with E-state index < -0.39 is 0 Å². The smallest absolute Gasteiger partial charge is 0.255 e. The number of anilines is 1. The molecule has 1 N–H and O–H groups in total. The van der Waals surface area contributed by atoms with Crippen LogP contribution in [0.15, 0.2) is 46.9 Å². The Bertz CT molecular complexity index is 593. The van der Waals surface area contributed by atoms with Crippen molar-refractivity contribution >= 4 is 27.5 Å². The fraction of sp³-hybridized carbons (Fsp3) is 0.133. The second kappa shape index (κ2) is 5.36. The molecule has 0 aliphatic carbocycles. The molecule has 3 heteroatoms. The maximum atomic E-state index is 12.2. The lowest BCUT2D eigenvalue weighted by Crippen LogP contribution is -2.13. The number of aryl methyl sites for hydroxylation is 2. The average Bonchev–Trinajstić information content (AvgIpc) is 2.32. The van der Waals surface area contributed by atoms with Crippen LogP contribution in [0.25, 0.3) is 0 Å². The minimum absolute atomic E-state index is 0.0839. The number of hydrogen-bond donors (Lipinski definition) is 1. The molecule has 0 aromatic heterocycles. The fourth-order valence-electron chi connectivity index (χ4n) is 1.76. The summed E-state index contributed by atoms with van der Waals surface area (Å²) in [5.41, 5.74) is 3.59. The van der Waals surface area contributed by atoms with Crippen molar-refractivity contribution in [1.29, 1.82) is 0 Å². The standard InChI is InChI=1S/C15H14BrNO/c1-10-4-3-5-13(8-10)17-15(18)14-9-12(16)7-6-11(14)2/h3-9H,1-2H3,(H,17,18). The molecule has 2 nitrogen and oxygen atoms in total. The molecule has 0 fully saturated rings. The Hall–Kier alpha value is -1.61. The van der Waals surface area contributed by atoms with Gasteiger partial charge in [-0.3, -0.25) is 4.79 Å². The molecule has 0 heterocycles. The number of nitrogens with one attached hydrogen (secondary N) is 1. The first-order valence-electron chi connectivity index (χ1n) is 5.70. The van der Waals surface area contributed by atoms with Gasteiger partial charge in [-0.1, -0.05) is 34.1 Å². The maximum absolute atomic E-state index is 12.2. The van der Waals surface area contributed by atoms with Gasteiger partial charge in [0, 0.05) is 15.7 Å². The van der Waals surface area contributed by atoms with E-state index in [9.17, 15) is 4.79 Å². The molecule has 0 atom stereocenters. The van der Waals surface area contributed by atoms with E-state index >= 15 is 0 Å². The van der Waals surface area contributed by atoms with Gasteiger partial charge in [-0.15, -0.1) is 0 Å². The Morgan fingerprint density at radius 3 is 2.61 bits per heavy atom. The Kier molecular flexibility index (Phi) is 3.82. The Balaban J connectivity index is 2.24. The molecule has 18 heavy (non-hydrogen) atoms. The van der Waals surface area contributed by atoms with E-state index in [-0.39, 0.29) is 5.91 Å². The highest BCUT2D eigenvalue weighted by Crippen LogP contribution is 2.18. The van der Waals surface area contributed by atoms with E-state index in [2.05, 4.69) is 21.2 Å². The van der Waals surface area contributed by atoms with Gasteiger partial charge in [0.25, 0.3) is 5.91 Å². The largest absolute Gasteiger partial charge is 0.322 e. The van der Waals surface area contributed by atoms with Crippen molar-refractivity contribution in [2.24, 2.45) is 0 Å². The Labute approximate surface area is 115 Å². The van der Waals surface area contributed by atoms with E-state index in [1.165, 1.54) is 0 Å². The minimum atomic E-state index is -0.0839. The first-order chi connectivity index (χ1) is 8.56. The van der Waals surface area contributed by atoms with Crippen molar-refractivity contribution in [3.05, 3.63) is 63.6 Å². The molecule has 2 aromatic carbocycles. The number of carbonyl (C=O) groups is 1. The molecular formula is C15H14BrNO. The summed E-state index contributed by atoms with van der Waals surface area (Å²) in [5.74, 6) is -0.0839. The van der Waals surface area contributed by atoms with Crippen LogP contribution in [0.1, 0.15) is 21.5 Å². The van der Waals surface area contributed by atoms with Gasteiger partial charge in [-0.05, 0) is 49.2 Å². The highest BCUT2D eigenvalue weighted by molar-refractivity contribution is 9.10. The highest BCUT2D eigenvalue weighted by atomic mass is 79.9. The second-order valence-electron chi connectivity index (χ2n) is 4.28. The fourth-order valence-corrected chi connectivity index (χ4v) is 2.12. The van der Waals surface area contributed by atoms with Crippen LogP contribution in [0.4, 0.5) is 5.69 Å². The number of benzene rings is 2. The summed E-state index contributed by atoms with van der Waals surface area (Å²) in [5, 5.41) is 2.91. The molecule has 2 aromatic rings. The van der Waals surface area contributed by atoms with Gasteiger partial charge >= 0.3 is 0 Å². The normalized spacial score (nSPS) is 10.2. The van der Waals surface area contributed by atoms with Gasteiger partial charge < -0.3 is 5.32 Å². The predicted octanol–water partition coefficient (Wildman–Crippen LogP) is 4.32. The molecule has 0 aliphatic heterocycles. The predicted molar refractivity (Wildman–Crippen MR) is 78.0 cm³/mol. The summed E-state index contributed by atoms with van der Waals surface area (Å²) in [6.07, 6.45) is 0. The maximum Gasteiger partial charge on any atom is 0.255 e. The lowest BCUT2D eigenvalue weighted by Gasteiger charge is -2.08. The SMILES string of the molecule is Cc1cccc(NC(=O)c2cc(Br)ccc2C)c1. The summed E-state index contributed by atoms with van der Waals surface area (Å²) in [6, 6.07) is 13.5. The summed E-state index contributed by atoms with van der Waals surface area (Å²) < 4.78 is 0.905. The minimum Gasteiger partial charge on any atom is -0.322 e. The van der Waals surface area contributed by atoms with Crippen molar-refractivity contribution in [2.45, 2.75) is 13.8 Å². The lowest BCUT2D eigenvalue weighted by molar-refractivity contribution is 0.102. The first-order valence-corrected chi connectivity index (χ1v) is 6.50. The zero-order chi connectivity index (χ0) is 13.1. The van der Waals surface area contributed by atoms with Gasteiger partial charge in [0.15, 0.2) is 0 Å². The topological polar surface area (TPSA) is 29.1 Å². The van der Waals surface area contributed by atoms with Crippen molar-refractivity contribution in [1.82, 2.24) is 0 Å². The number of hydrogen-bond acceptors (Lipinski definition) is 1. The lowest BCUT2D eigenvalue weighted by atomic mass is 10.1. The van der Waals surface area contributed by atoms with E-state index in [0.29, 0.717) is 5.56 Å². The average molecular weight is 304 g/mol. The van der Waals surface area contributed by atoms with Crippen LogP contribution in [-0.2, 0) is 0 Å². The van der Waals surface area contributed by atoms with Crippen molar-refractivity contribution in [3.63, 3.8) is 0 Å². The molecule has 1 amide bonds. The number of amides is 1. The van der Waals surface area contributed by atoms with Crippen LogP contribution in [0.5, 0.6) is 0 Å². The van der Waals surface area contributed by atoms with Crippen LogP contribution in [0, 0.1) is 13.8 Å². The van der Waals surface area contributed by atoms with Gasteiger partial charge in [0.2, 0.25) is 0 Å². The molecule has 0 unspecified atom stereocenters. The molecule has 2 rings (SSSR count). The van der Waals surface area contributed by atoms with Gasteiger partial charge in [0.1, 0.15) is 0 Å². The molecule has 0 spiro atoms. The van der Waals surface area contributed by atoms with Crippen LogP contribution in [-0.4, -0.2) is 5.91 Å². The third-order valence-electron chi connectivity index (χ3n) is 2.72. The summed E-state index contributed by atoms with van der Waals surface area (Å²) in [4.78, 5) is 12.2. The van der Waals surface area contributed by atoms with E-state index in [4.69, 9.17) is 0 Å². The summed E-state index contributed by atoms with van der Waals surface area (Å²) >= 11 is 3.38. The van der Waals surface area contributed by atoms with Crippen molar-refractivity contribution in [2.75, 3.05) is 5.32 Å². The third kappa shape index (κ3) is 2.99. The zero-order valence-corrected chi connectivity index (χ0v) is 11.9. The van der Waals surface area contributed by atoms with E-state index in [1.54, 1.807) is 0 Å². The number of carbonyl (C=O) groups excluding carboxylic acids is 1. The third-order valence-corrected chi connectivity index (χ3v) is 3.21. The number of halogens is 1. The van der Waals surface area contributed by atoms with Gasteiger partial charge in [-0.25, -0.2) is 0 Å². The second-order valence-corrected chi connectivity index (χ2v) is 5.20. The Morgan fingerprint density at radius 2 is 1.89 bits per heavy atom. The molecule has 0 bridgehead atoms. The van der Waals surface area contributed by atoms with Gasteiger partial charge in [0.05, 0.1) is 0 Å². The van der Waals surface area contributed by atoms with Crippen LogP contribution in [0.2, 0.25) is 0 Å². The quantitative estimate of drug-likeness (QED) is 0.879. The highest BCUT2D eigenvalue weighted by Gasteiger charge is 2.09. The monoisotopic (exact) mass is 303 g/mol. The van der Waals surface area contributed by atoms with E-state index in [0.717, 1.165) is 21.3 Å². The van der Waals surface area contributed by atoms with Crippen molar-refractivity contribution < 1.29 is 4.79 Å². The Morgan fingerprint density at radius 1 is 1.11 bits per heavy atom. The summed E-state index contributed by atoms with van der Waals surface area (Å²) in [7, 11) is 0. The van der Waals surface area contributed by atoms with Crippen molar-refractivity contribution in [3.8, 4) is 0 Å². The van der Waals surface area contributed by atoms with Crippen LogP contribution in [0.3, 0.4) is 0 Å². The molecular weight excluding hydrogens is 290 g/mol. The molecule has 0 saturated carbocycles. The molecule has 0 aliphatic rings.